The lowest BCUT2D eigenvalue weighted by atomic mass is 9.92. The molecule has 1 N–H and O–H groups in total. The van der Waals surface area contributed by atoms with Gasteiger partial charge in [-0.15, -0.1) is 0 Å². The van der Waals surface area contributed by atoms with E-state index < -0.39 is 0 Å². The molecular weight excluding hydrogens is 378 g/mol. The lowest BCUT2D eigenvalue weighted by Gasteiger charge is -2.25. The van der Waals surface area contributed by atoms with Crippen molar-refractivity contribution >= 4 is 23.3 Å². The molecule has 1 amide bonds. The van der Waals surface area contributed by atoms with Crippen molar-refractivity contribution < 1.29 is 19.1 Å². The molecule has 1 atom stereocenters. The number of anilines is 1. The Kier molecular flexibility index (Phi) is 5.19. The van der Waals surface area contributed by atoms with Gasteiger partial charge in [-0.1, -0.05) is 42.0 Å². The van der Waals surface area contributed by atoms with Crippen LogP contribution in [0.15, 0.2) is 66.7 Å². The maximum atomic E-state index is 12.7. The highest BCUT2D eigenvalue weighted by molar-refractivity contribution is 6.06. The van der Waals surface area contributed by atoms with Crippen LogP contribution in [0.25, 0.3) is 0 Å². The fraction of sp³-hybridized carbons (Fsp3) is 0.160. The summed E-state index contributed by atoms with van der Waals surface area (Å²) in [5.41, 5.74) is 4.84. The number of fused-ring (bicyclic) bond motifs is 1. The molecule has 0 aliphatic carbocycles. The largest absolute Gasteiger partial charge is 0.454 e. The van der Waals surface area contributed by atoms with Crippen molar-refractivity contribution in [2.24, 2.45) is 0 Å². The number of esters is 1. The summed E-state index contributed by atoms with van der Waals surface area (Å²) in [6.45, 7) is 3.48. The first-order valence-electron chi connectivity index (χ1n) is 9.73. The quantitative estimate of drug-likeness (QED) is 0.500. The number of benzene rings is 3. The van der Waals surface area contributed by atoms with Gasteiger partial charge in [0.25, 0.3) is 5.91 Å². The first-order valence-corrected chi connectivity index (χ1v) is 9.73. The molecule has 0 bridgehead atoms. The van der Waals surface area contributed by atoms with Crippen LogP contribution >= 0.6 is 0 Å². The van der Waals surface area contributed by atoms with Gasteiger partial charge in [-0.05, 0) is 55.3 Å². The molecule has 0 spiro atoms. The SMILES string of the molecule is CC(=O)c1cccc(NC(=O)c2ccc3c(c2)C[C@@H](c2ccc(C)cc2)OC3=O)c1. The second-order valence-corrected chi connectivity index (χ2v) is 7.47. The van der Waals surface area contributed by atoms with Gasteiger partial charge in [0.15, 0.2) is 5.78 Å². The molecular formula is C25H21NO4. The molecule has 30 heavy (non-hydrogen) atoms. The zero-order chi connectivity index (χ0) is 21.3. The number of carbonyl (C=O) groups is 3. The summed E-state index contributed by atoms with van der Waals surface area (Å²) >= 11 is 0. The maximum Gasteiger partial charge on any atom is 0.339 e. The van der Waals surface area contributed by atoms with Crippen molar-refractivity contribution in [3.63, 3.8) is 0 Å². The van der Waals surface area contributed by atoms with E-state index in [9.17, 15) is 14.4 Å². The monoisotopic (exact) mass is 399 g/mol. The number of ketones is 1. The van der Waals surface area contributed by atoms with E-state index in [4.69, 9.17) is 4.74 Å². The van der Waals surface area contributed by atoms with Crippen LogP contribution in [0, 0.1) is 6.92 Å². The third-order valence-corrected chi connectivity index (χ3v) is 5.22. The molecule has 0 unspecified atom stereocenters. The van der Waals surface area contributed by atoms with Gasteiger partial charge in [0, 0.05) is 23.2 Å². The molecule has 0 saturated heterocycles. The van der Waals surface area contributed by atoms with E-state index in [0.29, 0.717) is 28.8 Å². The molecule has 5 heteroatoms. The van der Waals surface area contributed by atoms with Crippen LogP contribution in [0.4, 0.5) is 5.69 Å². The molecule has 0 aromatic heterocycles. The van der Waals surface area contributed by atoms with E-state index in [1.165, 1.54) is 6.92 Å². The molecule has 3 aromatic rings. The summed E-state index contributed by atoms with van der Waals surface area (Å²) in [6, 6.07) is 19.6. The van der Waals surface area contributed by atoms with Crippen LogP contribution in [-0.2, 0) is 11.2 Å². The van der Waals surface area contributed by atoms with Gasteiger partial charge in [-0.3, -0.25) is 9.59 Å². The van der Waals surface area contributed by atoms with Crippen molar-refractivity contribution in [1.29, 1.82) is 0 Å². The minimum Gasteiger partial charge on any atom is -0.454 e. The number of ether oxygens (including phenoxy) is 1. The van der Waals surface area contributed by atoms with E-state index in [1.54, 1.807) is 42.5 Å². The zero-order valence-electron chi connectivity index (χ0n) is 16.8. The van der Waals surface area contributed by atoms with Crippen molar-refractivity contribution in [3.05, 3.63) is 100 Å². The number of hydrogen-bond donors (Lipinski definition) is 1. The Morgan fingerprint density at radius 1 is 0.967 bits per heavy atom. The fourth-order valence-electron chi connectivity index (χ4n) is 3.52. The first kappa shape index (κ1) is 19.6. The number of Topliss-reactive ketones (excluding diaryl/α,β-unsaturated/α-hetero) is 1. The lowest BCUT2D eigenvalue weighted by Crippen LogP contribution is -2.23. The lowest BCUT2D eigenvalue weighted by molar-refractivity contribution is 0.0252. The van der Waals surface area contributed by atoms with Gasteiger partial charge in [0.05, 0.1) is 5.56 Å². The second kappa shape index (κ2) is 7.95. The van der Waals surface area contributed by atoms with Crippen molar-refractivity contribution in [2.75, 3.05) is 5.32 Å². The van der Waals surface area contributed by atoms with Gasteiger partial charge >= 0.3 is 5.97 Å². The van der Waals surface area contributed by atoms with Gasteiger partial charge in [-0.25, -0.2) is 4.79 Å². The fourth-order valence-corrected chi connectivity index (χ4v) is 3.52. The van der Waals surface area contributed by atoms with E-state index in [-0.39, 0.29) is 23.8 Å². The van der Waals surface area contributed by atoms with E-state index >= 15 is 0 Å². The molecule has 0 saturated carbocycles. The van der Waals surface area contributed by atoms with Gasteiger partial charge in [0.1, 0.15) is 6.10 Å². The Morgan fingerprint density at radius 2 is 1.73 bits per heavy atom. The van der Waals surface area contributed by atoms with Crippen LogP contribution < -0.4 is 5.32 Å². The average Bonchev–Trinajstić information content (AvgIpc) is 2.74. The minimum absolute atomic E-state index is 0.0689. The Labute approximate surface area is 174 Å². The summed E-state index contributed by atoms with van der Waals surface area (Å²) in [5.74, 6) is -0.757. The van der Waals surface area contributed by atoms with Crippen LogP contribution in [0.2, 0.25) is 0 Å². The van der Waals surface area contributed by atoms with Crippen LogP contribution in [-0.4, -0.2) is 17.7 Å². The Bertz CT molecular complexity index is 1150. The normalized spacial score (nSPS) is 15.1. The van der Waals surface area contributed by atoms with Gasteiger partial charge in [0.2, 0.25) is 0 Å². The summed E-state index contributed by atoms with van der Waals surface area (Å²) in [5, 5.41) is 2.81. The predicted molar refractivity (Wildman–Crippen MR) is 114 cm³/mol. The number of carbonyl (C=O) groups excluding carboxylic acids is 3. The summed E-state index contributed by atoms with van der Waals surface area (Å²) in [4.78, 5) is 36.7. The third-order valence-electron chi connectivity index (χ3n) is 5.22. The number of rotatable bonds is 4. The molecule has 1 heterocycles. The van der Waals surface area contributed by atoms with Crippen molar-refractivity contribution in [1.82, 2.24) is 0 Å². The van der Waals surface area contributed by atoms with E-state index in [2.05, 4.69) is 5.32 Å². The number of cyclic esters (lactones) is 1. The highest BCUT2D eigenvalue weighted by Crippen LogP contribution is 2.31. The number of nitrogens with one attached hydrogen (secondary N) is 1. The zero-order valence-corrected chi connectivity index (χ0v) is 16.8. The summed E-state index contributed by atoms with van der Waals surface area (Å²) in [7, 11) is 0. The minimum atomic E-state index is -0.386. The van der Waals surface area contributed by atoms with Gasteiger partial charge < -0.3 is 10.1 Å². The highest BCUT2D eigenvalue weighted by Gasteiger charge is 2.28. The number of hydrogen-bond acceptors (Lipinski definition) is 4. The Morgan fingerprint density at radius 3 is 2.47 bits per heavy atom. The van der Waals surface area contributed by atoms with Gasteiger partial charge in [-0.2, -0.15) is 0 Å². The molecule has 0 radical (unpaired) electrons. The summed E-state index contributed by atoms with van der Waals surface area (Å²) < 4.78 is 5.60. The number of amides is 1. The smallest absolute Gasteiger partial charge is 0.339 e. The van der Waals surface area contributed by atoms with Crippen LogP contribution in [0.3, 0.4) is 0 Å². The van der Waals surface area contributed by atoms with Crippen LogP contribution in [0.5, 0.6) is 0 Å². The second-order valence-electron chi connectivity index (χ2n) is 7.47. The average molecular weight is 399 g/mol. The Hall–Kier alpha value is -3.73. The topological polar surface area (TPSA) is 72.5 Å². The molecule has 1 aliphatic heterocycles. The number of aryl methyl sites for hydroxylation is 1. The molecule has 4 rings (SSSR count). The summed E-state index contributed by atoms with van der Waals surface area (Å²) in [6.07, 6.45) is 0.126. The molecule has 5 nitrogen and oxygen atoms in total. The standard InChI is InChI=1S/C25H21NO4/c1-15-6-8-17(9-7-15)23-14-20-12-19(10-11-22(20)25(29)30-23)24(28)26-21-5-3-4-18(13-21)16(2)27/h3-13,23H,14H2,1-2H3,(H,26,28)/t23-/m0/s1. The van der Waals surface area contributed by atoms with Crippen molar-refractivity contribution in [3.8, 4) is 0 Å². The predicted octanol–water partition coefficient (Wildman–Crippen LogP) is 4.90. The first-order chi connectivity index (χ1) is 14.4. The highest BCUT2D eigenvalue weighted by atomic mass is 16.5. The van der Waals surface area contributed by atoms with Crippen molar-refractivity contribution in [2.45, 2.75) is 26.4 Å². The van der Waals surface area contributed by atoms with E-state index in [1.807, 2.05) is 31.2 Å². The Balaban J connectivity index is 1.57. The van der Waals surface area contributed by atoms with E-state index in [0.717, 1.165) is 16.7 Å². The molecule has 150 valence electrons. The maximum absolute atomic E-state index is 12.7. The third kappa shape index (κ3) is 4.01. The van der Waals surface area contributed by atoms with Crippen LogP contribution in [0.1, 0.15) is 60.8 Å². The molecule has 0 fully saturated rings. The molecule has 1 aliphatic rings. The molecule has 3 aromatic carbocycles.